The number of ether oxygens (including phenoxy) is 3. The lowest BCUT2D eigenvalue weighted by atomic mass is 9.99. The quantitative estimate of drug-likeness (QED) is 0.537. The molecule has 7 heteroatoms. The number of hydrogen-bond acceptors (Lipinski definition) is 5. The molecule has 1 atom stereocenters. The molecule has 0 bridgehead atoms. The van der Waals surface area contributed by atoms with Crippen molar-refractivity contribution in [2.24, 2.45) is 4.99 Å². The Bertz CT molecular complexity index is 885. The zero-order chi connectivity index (χ0) is 21.5. The molecule has 1 aliphatic heterocycles. The van der Waals surface area contributed by atoms with Gasteiger partial charge in [0, 0.05) is 19.6 Å². The van der Waals surface area contributed by atoms with E-state index in [1.807, 2.05) is 37.3 Å². The number of nitrogens with zero attached hydrogens (tertiary/aromatic N) is 2. The van der Waals surface area contributed by atoms with Crippen LogP contribution in [0.4, 0.5) is 0 Å². The number of benzene rings is 2. The predicted octanol–water partition coefficient (Wildman–Crippen LogP) is 2.77. The second-order valence-corrected chi connectivity index (χ2v) is 7.13. The molecule has 0 radical (unpaired) electrons. The average Bonchev–Trinajstić information content (AvgIpc) is 2.80. The molecular formula is C23H31N3O4. The smallest absolute Gasteiger partial charge is 0.194 e. The van der Waals surface area contributed by atoms with Gasteiger partial charge in [0.25, 0.3) is 0 Å². The summed E-state index contributed by atoms with van der Waals surface area (Å²) in [5.74, 6) is 3.00. The molecule has 0 aromatic heterocycles. The van der Waals surface area contributed by atoms with E-state index in [0.717, 1.165) is 54.8 Å². The number of fused-ring (bicyclic) bond motifs is 1. The van der Waals surface area contributed by atoms with Gasteiger partial charge in [-0.2, -0.15) is 0 Å². The van der Waals surface area contributed by atoms with E-state index in [2.05, 4.69) is 16.3 Å². The van der Waals surface area contributed by atoms with Crippen molar-refractivity contribution in [3.63, 3.8) is 0 Å². The van der Waals surface area contributed by atoms with Gasteiger partial charge < -0.3 is 29.5 Å². The first-order chi connectivity index (χ1) is 14.6. The SMILES string of the molecule is CCNC(=NCC(O)c1cccc(OC)c1)N1CCc2cc(OC)c(OC)cc2C1. The normalized spacial score (nSPS) is 14.7. The molecule has 0 saturated carbocycles. The van der Waals surface area contributed by atoms with Gasteiger partial charge >= 0.3 is 0 Å². The fourth-order valence-corrected chi connectivity index (χ4v) is 3.62. The molecule has 1 unspecified atom stereocenters. The molecule has 2 aromatic carbocycles. The molecule has 3 rings (SSSR count). The minimum Gasteiger partial charge on any atom is -0.497 e. The third-order valence-corrected chi connectivity index (χ3v) is 5.25. The topological polar surface area (TPSA) is 75.6 Å². The largest absolute Gasteiger partial charge is 0.497 e. The Labute approximate surface area is 178 Å². The molecule has 0 amide bonds. The van der Waals surface area contributed by atoms with Crippen LogP contribution in [0.5, 0.6) is 17.2 Å². The Kier molecular flexibility index (Phi) is 7.41. The summed E-state index contributed by atoms with van der Waals surface area (Å²) in [5, 5.41) is 13.9. The van der Waals surface area contributed by atoms with Crippen molar-refractivity contribution in [1.82, 2.24) is 10.2 Å². The van der Waals surface area contributed by atoms with Crippen molar-refractivity contribution < 1.29 is 19.3 Å². The van der Waals surface area contributed by atoms with Crippen LogP contribution >= 0.6 is 0 Å². The number of guanidine groups is 1. The van der Waals surface area contributed by atoms with Gasteiger partial charge in [-0.25, -0.2) is 0 Å². The van der Waals surface area contributed by atoms with E-state index in [1.54, 1.807) is 21.3 Å². The molecule has 1 aliphatic rings. The van der Waals surface area contributed by atoms with E-state index >= 15 is 0 Å². The van der Waals surface area contributed by atoms with Crippen LogP contribution in [0.3, 0.4) is 0 Å². The van der Waals surface area contributed by atoms with E-state index in [-0.39, 0.29) is 6.54 Å². The third-order valence-electron chi connectivity index (χ3n) is 5.25. The maximum atomic E-state index is 10.6. The molecule has 0 aliphatic carbocycles. The van der Waals surface area contributed by atoms with Crippen LogP contribution in [0, 0.1) is 0 Å². The Morgan fingerprint density at radius 1 is 1.10 bits per heavy atom. The number of aliphatic hydroxyl groups excluding tert-OH is 1. The Hall–Kier alpha value is -2.93. The zero-order valence-electron chi connectivity index (χ0n) is 18.1. The van der Waals surface area contributed by atoms with Gasteiger partial charge in [0.1, 0.15) is 5.75 Å². The van der Waals surface area contributed by atoms with Crippen molar-refractivity contribution >= 4 is 5.96 Å². The summed E-state index contributed by atoms with van der Waals surface area (Å²) in [6.45, 7) is 4.62. The van der Waals surface area contributed by atoms with E-state index in [9.17, 15) is 5.11 Å². The highest BCUT2D eigenvalue weighted by atomic mass is 16.5. The summed E-state index contributed by atoms with van der Waals surface area (Å²) in [6.07, 6.45) is 0.189. The van der Waals surface area contributed by atoms with Crippen LogP contribution in [0.15, 0.2) is 41.4 Å². The molecule has 0 spiro atoms. The fourth-order valence-electron chi connectivity index (χ4n) is 3.62. The number of aliphatic imine (C=N–C) groups is 1. The average molecular weight is 414 g/mol. The second kappa shape index (κ2) is 10.2. The fraction of sp³-hybridized carbons (Fsp3) is 0.435. The predicted molar refractivity (Wildman–Crippen MR) is 118 cm³/mol. The number of rotatable bonds is 7. The summed E-state index contributed by atoms with van der Waals surface area (Å²) in [6, 6.07) is 11.5. The van der Waals surface area contributed by atoms with E-state index in [1.165, 1.54) is 11.1 Å². The number of nitrogens with one attached hydrogen (secondary N) is 1. The van der Waals surface area contributed by atoms with Crippen LogP contribution in [-0.2, 0) is 13.0 Å². The molecule has 2 aromatic rings. The molecule has 162 valence electrons. The first-order valence-electron chi connectivity index (χ1n) is 10.2. The van der Waals surface area contributed by atoms with Crippen LogP contribution in [0.1, 0.15) is 29.7 Å². The summed E-state index contributed by atoms with van der Waals surface area (Å²) in [5.41, 5.74) is 3.24. The van der Waals surface area contributed by atoms with Gasteiger partial charge in [0.2, 0.25) is 0 Å². The zero-order valence-corrected chi connectivity index (χ0v) is 18.1. The van der Waals surface area contributed by atoms with Crippen LogP contribution in [0.2, 0.25) is 0 Å². The van der Waals surface area contributed by atoms with E-state index in [0.29, 0.717) is 0 Å². The minimum absolute atomic E-state index is 0.269. The third kappa shape index (κ3) is 4.97. The van der Waals surface area contributed by atoms with Gasteiger partial charge in [0.05, 0.1) is 34.0 Å². The lowest BCUT2D eigenvalue weighted by Gasteiger charge is -2.32. The maximum absolute atomic E-state index is 10.6. The van der Waals surface area contributed by atoms with Crippen molar-refractivity contribution in [3.05, 3.63) is 53.1 Å². The van der Waals surface area contributed by atoms with Gasteiger partial charge in [-0.3, -0.25) is 4.99 Å². The Morgan fingerprint density at radius 2 is 1.83 bits per heavy atom. The van der Waals surface area contributed by atoms with E-state index in [4.69, 9.17) is 19.2 Å². The molecule has 0 fully saturated rings. The van der Waals surface area contributed by atoms with Gasteiger partial charge in [0.15, 0.2) is 17.5 Å². The van der Waals surface area contributed by atoms with Crippen molar-refractivity contribution in [2.45, 2.75) is 26.0 Å². The van der Waals surface area contributed by atoms with Crippen molar-refractivity contribution in [2.75, 3.05) is 41.0 Å². The lowest BCUT2D eigenvalue weighted by Crippen LogP contribution is -2.44. The van der Waals surface area contributed by atoms with E-state index < -0.39 is 6.10 Å². The first-order valence-corrected chi connectivity index (χ1v) is 10.2. The second-order valence-electron chi connectivity index (χ2n) is 7.13. The standard InChI is InChI=1S/C23H31N3O4/c1-5-24-23(25-14-20(27)17-7-6-8-19(11-17)28-2)26-10-9-16-12-21(29-3)22(30-4)13-18(16)15-26/h6-8,11-13,20,27H,5,9-10,14-15H2,1-4H3,(H,24,25). The molecule has 1 heterocycles. The maximum Gasteiger partial charge on any atom is 0.194 e. The molecule has 2 N–H and O–H groups in total. The lowest BCUT2D eigenvalue weighted by molar-refractivity contribution is 0.186. The van der Waals surface area contributed by atoms with Gasteiger partial charge in [-0.1, -0.05) is 12.1 Å². The van der Waals surface area contributed by atoms with Gasteiger partial charge in [-0.05, 0) is 54.3 Å². The summed E-state index contributed by atoms with van der Waals surface area (Å²) in [7, 11) is 4.92. The number of methoxy groups -OCH3 is 3. The molecule has 0 saturated heterocycles. The highest BCUT2D eigenvalue weighted by Gasteiger charge is 2.22. The highest BCUT2D eigenvalue weighted by Crippen LogP contribution is 2.33. The van der Waals surface area contributed by atoms with Gasteiger partial charge in [-0.15, -0.1) is 0 Å². The van der Waals surface area contributed by atoms with Crippen LogP contribution in [-0.4, -0.2) is 56.9 Å². The van der Waals surface area contributed by atoms with Crippen LogP contribution in [0.25, 0.3) is 0 Å². The van der Waals surface area contributed by atoms with Crippen molar-refractivity contribution in [3.8, 4) is 17.2 Å². The highest BCUT2D eigenvalue weighted by molar-refractivity contribution is 5.80. The number of hydrogen-bond donors (Lipinski definition) is 2. The summed E-state index contributed by atoms with van der Waals surface area (Å²) < 4.78 is 16.1. The minimum atomic E-state index is -0.699. The molecule has 7 nitrogen and oxygen atoms in total. The summed E-state index contributed by atoms with van der Waals surface area (Å²) >= 11 is 0. The number of aliphatic hydroxyl groups is 1. The first kappa shape index (κ1) is 21.8. The van der Waals surface area contributed by atoms with Crippen molar-refractivity contribution in [1.29, 1.82) is 0 Å². The van der Waals surface area contributed by atoms with Crippen LogP contribution < -0.4 is 19.5 Å². The molecular weight excluding hydrogens is 382 g/mol. The Balaban J connectivity index is 1.76. The Morgan fingerprint density at radius 3 is 2.50 bits per heavy atom. The molecule has 30 heavy (non-hydrogen) atoms. The summed E-state index contributed by atoms with van der Waals surface area (Å²) in [4.78, 5) is 6.91. The monoisotopic (exact) mass is 413 g/mol.